The summed E-state index contributed by atoms with van der Waals surface area (Å²) < 4.78 is 5.11. The van der Waals surface area contributed by atoms with Gasteiger partial charge in [-0.3, -0.25) is 0 Å². The maximum absolute atomic E-state index is 10.7. The van der Waals surface area contributed by atoms with Crippen molar-refractivity contribution in [1.29, 1.82) is 0 Å². The molecule has 0 saturated carbocycles. The van der Waals surface area contributed by atoms with Gasteiger partial charge < -0.3 is 14.9 Å². The molecule has 0 amide bonds. The zero-order valence-corrected chi connectivity index (χ0v) is 7.43. The SMILES string of the molecule is O=C(O)C1Cc2ccc(O)cc2CO1. The van der Waals surface area contributed by atoms with Crippen LogP contribution in [0.25, 0.3) is 0 Å². The van der Waals surface area contributed by atoms with Crippen LogP contribution in [0.3, 0.4) is 0 Å². The van der Waals surface area contributed by atoms with E-state index in [1.807, 2.05) is 0 Å². The number of aromatic hydroxyl groups is 1. The van der Waals surface area contributed by atoms with Crippen LogP contribution in [0.2, 0.25) is 0 Å². The molecule has 0 bridgehead atoms. The molecule has 2 N–H and O–H groups in total. The molecule has 1 atom stereocenters. The molecule has 1 aliphatic heterocycles. The summed E-state index contributed by atoms with van der Waals surface area (Å²) >= 11 is 0. The standard InChI is InChI=1S/C10H10O4/c11-8-2-1-6-4-9(10(12)13)14-5-7(6)3-8/h1-3,9,11H,4-5H2,(H,12,13). The molecule has 14 heavy (non-hydrogen) atoms. The second-order valence-electron chi connectivity index (χ2n) is 3.30. The second-order valence-corrected chi connectivity index (χ2v) is 3.30. The molecule has 0 radical (unpaired) electrons. The normalized spacial score (nSPS) is 20.1. The quantitative estimate of drug-likeness (QED) is 0.697. The summed E-state index contributed by atoms with van der Waals surface area (Å²) in [5.41, 5.74) is 1.80. The van der Waals surface area contributed by atoms with Gasteiger partial charge >= 0.3 is 5.97 Å². The number of rotatable bonds is 1. The topological polar surface area (TPSA) is 66.8 Å². The van der Waals surface area contributed by atoms with E-state index in [1.165, 1.54) is 0 Å². The van der Waals surface area contributed by atoms with Crippen molar-refractivity contribution in [3.8, 4) is 5.75 Å². The van der Waals surface area contributed by atoms with Gasteiger partial charge in [-0.2, -0.15) is 0 Å². The fourth-order valence-electron chi connectivity index (χ4n) is 1.55. The molecule has 4 nitrogen and oxygen atoms in total. The Kier molecular flexibility index (Phi) is 2.13. The highest BCUT2D eigenvalue weighted by Gasteiger charge is 2.24. The second kappa shape index (κ2) is 3.31. The molecule has 74 valence electrons. The number of carbonyl (C=O) groups is 1. The van der Waals surface area contributed by atoms with Crippen molar-refractivity contribution >= 4 is 5.97 Å². The highest BCUT2D eigenvalue weighted by atomic mass is 16.5. The molecule has 0 aromatic heterocycles. The molecule has 0 saturated heterocycles. The first-order valence-electron chi connectivity index (χ1n) is 4.32. The molecule has 0 spiro atoms. The summed E-state index contributed by atoms with van der Waals surface area (Å²) in [5.74, 6) is -0.759. The van der Waals surface area contributed by atoms with Gasteiger partial charge in [0.2, 0.25) is 0 Å². The molecule has 0 fully saturated rings. The first-order chi connectivity index (χ1) is 6.66. The number of fused-ring (bicyclic) bond motifs is 1. The van der Waals surface area contributed by atoms with Gasteiger partial charge in [-0.05, 0) is 23.3 Å². The molecule has 1 aromatic carbocycles. The highest BCUT2D eigenvalue weighted by Crippen LogP contribution is 2.24. The van der Waals surface area contributed by atoms with Crippen molar-refractivity contribution in [2.24, 2.45) is 0 Å². The van der Waals surface area contributed by atoms with Gasteiger partial charge in [0.05, 0.1) is 6.61 Å². The van der Waals surface area contributed by atoms with Gasteiger partial charge in [0.1, 0.15) is 5.75 Å². The summed E-state index contributed by atoms with van der Waals surface area (Å²) in [6.45, 7) is 0.251. The van der Waals surface area contributed by atoms with Crippen LogP contribution in [0.4, 0.5) is 0 Å². The Morgan fingerprint density at radius 1 is 1.43 bits per heavy atom. The third kappa shape index (κ3) is 1.56. The van der Waals surface area contributed by atoms with Crippen molar-refractivity contribution in [3.05, 3.63) is 29.3 Å². The van der Waals surface area contributed by atoms with Crippen LogP contribution >= 0.6 is 0 Å². The Hall–Kier alpha value is -1.55. The van der Waals surface area contributed by atoms with Crippen LogP contribution in [0, 0.1) is 0 Å². The predicted molar refractivity (Wildman–Crippen MR) is 48.0 cm³/mol. The summed E-state index contributed by atoms with van der Waals surface area (Å²) in [7, 11) is 0. The molecular formula is C10H10O4. The van der Waals surface area contributed by atoms with Crippen LogP contribution in [-0.4, -0.2) is 22.3 Å². The minimum Gasteiger partial charge on any atom is -0.508 e. The monoisotopic (exact) mass is 194 g/mol. The Labute approximate surface area is 80.7 Å². The van der Waals surface area contributed by atoms with E-state index >= 15 is 0 Å². The number of phenols is 1. The zero-order chi connectivity index (χ0) is 10.1. The molecule has 1 aromatic rings. The van der Waals surface area contributed by atoms with Crippen LogP contribution in [0.5, 0.6) is 5.75 Å². The summed E-state index contributed by atoms with van der Waals surface area (Å²) in [4.78, 5) is 10.7. The predicted octanol–water partition coefficient (Wildman–Crippen LogP) is 0.918. The van der Waals surface area contributed by atoms with Gasteiger partial charge in [-0.25, -0.2) is 4.79 Å². The number of benzene rings is 1. The summed E-state index contributed by atoms with van der Waals surface area (Å²) in [6.07, 6.45) is -0.391. The molecular weight excluding hydrogens is 184 g/mol. The van der Waals surface area contributed by atoms with Crippen molar-refractivity contribution < 1.29 is 19.7 Å². The number of phenolic OH excluding ortho intramolecular Hbond substituents is 1. The number of ether oxygens (including phenoxy) is 1. The third-order valence-electron chi connectivity index (χ3n) is 2.31. The average Bonchev–Trinajstić information content (AvgIpc) is 2.16. The van der Waals surface area contributed by atoms with E-state index in [9.17, 15) is 9.90 Å². The van der Waals surface area contributed by atoms with E-state index in [0.717, 1.165) is 11.1 Å². The Bertz CT molecular complexity index is 372. The number of carboxylic acid groups (broad SMARTS) is 1. The van der Waals surface area contributed by atoms with Crippen LogP contribution < -0.4 is 0 Å². The Morgan fingerprint density at radius 2 is 2.21 bits per heavy atom. The van der Waals surface area contributed by atoms with Crippen molar-refractivity contribution in [3.63, 3.8) is 0 Å². The van der Waals surface area contributed by atoms with Crippen molar-refractivity contribution in [2.75, 3.05) is 0 Å². The number of aliphatic carboxylic acids is 1. The largest absolute Gasteiger partial charge is 0.508 e. The molecule has 1 unspecified atom stereocenters. The van der Waals surface area contributed by atoms with Gasteiger partial charge in [-0.15, -0.1) is 0 Å². The Balaban J connectivity index is 2.27. The van der Waals surface area contributed by atoms with Gasteiger partial charge in [0, 0.05) is 6.42 Å². The van der Waals surface area contributed by atoms with E-state index in [-0.39, 0.29) is 12.4 Å². The van der Waals surface area contributed by atoms with Crippen molar-refractivity contribution in [1.82, 2.24) is 0 Å². The van der Waals surface area contributed by atoms with Gasteiger partial charge in [-0.1, -0.05) is 6.07 Å². The van der Waals surface area contributed by atoms with Crippen LogP contribution in [0.1, 0.15) is 11.1 Å². The van der Waals surface area contributed by atoms with E-state index in [4.69, 9.17) is 9.84 Å². The zero-order valence-electron chi connectivity index (χ0n) is 7.43. The molecule has 4 heteroatoms. The van der Waals surface area contributed by atoms with Crippen LogP contribution in [-0.2, 0) is 22.6 Å². The number of carboxylic acids is 1. The minimum atomic E-state index is -0.941. The molecule has 1 aliphatic rings. The average molecular weight is 194 g/mol. The molecule has 1 heterocycles. The lowest BCUT2D eigenvalue weighted by Gasteiger charge is -2.22. The number of hydrogen-bond acceptors (Lipinski definition) is 3. The lowest BCUT2D eigenvalue weighted by molar-refractivity contribution is -0.152. The molecule has 2 rings (SSSR count). The number of hydrogen-bond donors (Lipinski definition) is 2. The van der Waals surface area contributed by atoms with E-state index in [1.54, 1.807) is 18.2 Å². The smallest absolute Gasteiger partial charge is 0.333 e. The van der Waals surface area contributed by atoms with E-state index in [0.29, 0.717) is 6.42 Å². The fraction of sp³-hybridized carbons (Fsp3) is 0.300. The van der Waals surface area contributed by atoms with E-state index in [2.05, 4.69) is 0 Å². The van der Waals surface area contributed by atoms with Gasteiger partial charge in [0.25, 0.3) is 0 Å². The highest BCUT2D eigenvalue weighted by molar-refractivity contribution is 5.73. The fourth-order valence-corrected chi connectivity index (χ4v) is 1.55. The minimum absolute atomic E-state index is 0.182. The third-order valence-corrected chi connectivity index (χ3v) is 2.31. The maximum atomic E-state index is 10.7. The lowest BCUT2D eigenvalue weighted by Crippen LogP contribution is -2.30. The first-order valence-corrected chi connectivity index (χ1v) is 4.32. The van der Waals surface area contributed by atoms with Crippen molar-refractivity contribution in [2.45, 2.75) is 19.1 Å². The van der Waals surface area contributed by atoms with E-state index < -0.39 is 12.1 Å². The summed E-state index contributed by atoms with van der Waals surface area (Å²) in [5, 5.41) is 17.9. The first kappa shape index (κ1) is 9.02. The summed E-state index contributed by atoms with van der Waals surface area (Å²) in [6, 6.07) is 4.90. The Morgan fingerprint density at radius 3 is 2.93 bits per heavy atom. The maximum Gasteiger partial charge on any atom is 0.333 e. The van der Waals surface area contributed by atoms with Crippen LogP contribution in [0.15, 0.2) is 18.2 Å². The van der Waals surface area contributed by atoms with Gasteiger partial charge in [0.15, 0.2) is 6.10 Å². The lowest BCUT2D eigenvalue weighted by atomic mass is 9.99. The molecule has 0 aliphatic carbocycles.